The first-order valence-electron chi connectivity index (χ1n) is 7.68. The minimum atomic E-state index is -3.69. The van der Waals surface area contributed by atoms with E-state index in [4.69, 9.17) is 4.84 Å². The molecule has 128 valence electrons. The highest BCUT2D eigenvalue weighted by molar-refractivity contribution is 7.89. The second-order valence-electron chi connectivity index (χ2n) is 6.28. The first-order valence-corrected chi connectivity index (χ1v) is 9.12. The maximum absolute atomic E-state index is 12.6. The van der Waals surface area contributed by atoms with Gasteiger partial charge in [-0.2, -0.15) is 0 Å². The molecule has 0 aliphatic carbocycles. The molecule has 0 N–H and O–H groups in total. The number of amides is 1. The average molecular weight is 340 g/mol. The van der Waals surface area contributed by atoms with Gasteiger partial charge in [0.2, 0.25) is 0 Å². The Bertz CT molecular complexity index is 647. The van der Waals surface area contributed by atoms with Gasteiger partial charge < -0.3 is 4.90 Å². The number of hydrogen-bond donors (Lipinski definition) is 0. The maximum Gasteiger partial charge on any atom is 0.264 e. The zero-order valence-corrected chi connectivity index (χ0v) is 14.8. The third kappa shape index (κ3) is 3.91. The molecule has 6 nitrogen and oxygen atoms in total. The van der Waals surface area contributed by atoms with Crippen LogP contribution in [0.1, 0.15) is 30.6 Å². The van der Waals surface area contributed by atoms with Crippen molar-refractivity contribution < 1.29 is 18.0 Å². The van der Waals surface area contributed by atoms with Crippen molar-refractivity contribution in [3.63, 3.8) is 0 Å². The summed E-state index contributed by atoms with van der Waals surface area (Å²) in [7, 11) is -1.08. The third-order valence-corrected chi connectivity index (χ3v) is 5.84. The number of hydrogen-bond acceptors (Lipinski definition) is 4. The lowest BCUT2D eigenvalue weighted by Gasteiger charge is -2.35. The fourth-order valence-electron chi connectivity index (χ4n) is 3.03. The van der Waals surface area contributed by atoms with Crippen molar-refractivity contribution in [2.75, 3.05) is 27.2 Å². The molecular formula is C16H24N2O4S. The van der Waals surface area contributed by atoms with Gasteiger partial charge in [0, 0.05) is 25.7 Å². The first kappa shape index (κ1) is 17.9. The molecule has 0 aromatic heterocycles. The van der Waals surface area contributed by atoms with Crippen LogP contribution in [0.15, 0.2) is 29.2 Å². The van der Waals surface area contributed by atoms with Crippen molar-refractivity contribution in [1.29, 1.82) is 0 Å². The van der Waals surface area contributed by atoms with E-state index in [1.165, 1.54) is 26.3 Å². The molecule has 2 rings (SSSR count). The van der Waals surface area contributed by atoms with Crippen molar-refractivity contribution in [2.45, 2.75) is 25.2 Å². The van der Waals surface area contributed by atoms with Crippen molar-refractivity contribution >= 4 is 15.9 Å². The van der Waals surface area contributed by atoms with E-state index in [-0.39, 0.29) is 10.8 Å². The Kier molecular flexibility index (Phi) is 5.44. The average Bonchev–Trinajstić information content (AvgIpc) is 2.52. The van der Waals surface area contributed by atoms with Crippen LogP contribution in [0.3, 0.4) is 0 Å². The highest BCUT2D eigenvalue weighted by Gasteiger charge is 2.27. The standard InChI is InChI=1S/C16H24N2O4S/c1-12-9-13(2)11-18(10-12)16(19)14-5-7-15(8-6-14)23(20,21)17(3)22-4/h5-8,12-13H,9-11H2,1-4H3. The molecular weight excluding hydrogens is 316 g/mol. The lowest BCUT2D eigenvalue weighted by molar-refractivity contribution is -0.0258. The number of benzene rings is 1. The summed E-state index contributed by atoms with van der Waals surface area (Å²) in [5.74, 6) is 0.919. The predicted octanol–water partition coefficient (Wildman–Crippen LogP) is 1.99. The van der Waals surface area contributed by atoms with E-state index in [0.29, 0.717) is 17.4 Å². The Hall–Kier alpha value is -1.44. The molecule has 1 aromatic rings. The Morgan fingerprint density at radius 1 is 1.17 bits per heavy atom. The Morgan fingerprint density at radius 3 is 2.17 bits per heavy atom. The van der Waals surface area contributed by atoms with Crippen molar-refractivity contribution in [3.05, 3.63) is 29.8 Å². The Balaban J connectivity index is 2.18. The molecule has 0 saturated carbocycles. The Labute approximate surface area is 138 Å². The van der Waals surface area contributed by atoms with E-state index in [1.54, 1.807) is 12.1 Å². The van der Waals surface area contributed by atoms with Gasteiger partial charge >= 0.3 is 0 Å². The van der Waals surface area contributed by atoms with Gasteiger partial charge in [-0.1, -0.05) is 18.3 Å². The molecule has 7 heteroatoms. The van der Waals surface area contributed by atoms with E-state index in [0.717, 1.165) is 24.0 Å². The van der Waals surface area contributed by atoms with Gasteiger partial charge in [-0.3, -0.25) is 9.63 Å². The summed E-state index contributed by atoms with van der Waals surface area (Å²) in [6, 6.07) is 6.00. The van der Waals surface area contributed by atoms with Gasteiger partial charge in [0.15, 0.2) is 0 Å². The summed E-state index contributed by atoms with van der Waals surface area (Å²) >= 11 is 0. The van der Waals surface area contributed by atoms with Gasteiger partial charge in [0.25, 0.3) is 15.9 Å². The molecule has 2 unspecified atom stereocenters. The van der Waals surface area contributed by atoms with Crippen LogP contribution in [0, 0.1) is 11.8 Å². The van der Waals surface area contributed by atoms with Gasteiger partial charge in [-0.05, 0) is 42.5 Å². The monoisotopic (exact) mass is 340 g/mol. The largest absolute Gasteiger partial charge is 0.338 e. The first-order chi connectivity index (χ1) is 10.8. The molecule has 1 fully saturated rings. The SMILES string of the molecule is CON(C)S(=O)(=O)c1ccc(C(=O)N2CC(C)CC(C)C2)cc1. The molecule has 1 amide bonds. The fourth-order valence-corrected chi connectivity index (χ4v) is 4.00. The van der Waals surface area contributed by atoms with Crippen LogP contribution in [0.2, 0.25) is 0 Å². The zero-order chi connectivity index (χ0) is 17.2. The summed E-state index contributed by atoms with van der Waals surface area (Å²) in [6.07, 6.45) is 1.13. The van der Waals surface area contributed by atoms with Crippen LogP contribution in [-0.4, -0.2) is 50.9 Å². The number of sulfonamides is 1. The number of carbonyl (C=O) groups is 1. The molecule has 1 saturated heterocycles. The maximum atomic E-state index is 12.6. The fraction of sp³-hybridized carbons (Fsp3) is 0.562. The number of likely N-dealkylation sites (tertiary alicyclic amines) is 1. The van der Waals surface area contributed by atoms with E-state index in [2.05, 4.69) is 13.8 Å². The van der Waals surface area contributed by atoms with Crippen molar-refractivity contribution in [2.24, 2.45) is 11.8 Å². The van der Waals surface area contributed by atoms with Crippen LogP contribution < -0.4 is 0 Å². The summed E-state index contributed by atoms with van der Waals surface area (Å²) in [4.78, 5) is 19.3. The zero-order valence-electron chi connectivity index (χ0n) is 14.0. The molecule has 0 spiro atoms. The molecule has 23 heavy (non-hydrogen) atoms. The van der Waals surface area contributed by atoms with E-state index in [9.17, 15) is 13.2 Å². The van der Waals surface area contributed by atoms with Gasteiger partial charge in [-0.25, -0.2) is 8.42 Å². The van der Waals surface area contributed by atoms with Gasteiger partial charge in [0.1, 0.15) is 0 Å². The number of hydroxylamine groups is 1. The number of nitrogens with zero attached hydrogens (tertiary/aromatic N) is 2. The molecule has 0 radical (unpaired) electrons. The van der Waals surface area contributed by atoms with Crippen LogP contribution >= 0.6 is 0 Å². The molecule has 2 atom stereocenters. The van der Waals surface area contributed by atoms with Crippen LogP contribution in [0.4, 0.5) is 0 Å². The van der Waals surface area contributed by atoms with E-state index in [1.807, 2.05) is 4.90 Å². The van der Waals surface area contributed by atoms with Gasteiger partial charge in [-0.15, -0.1) is 0 Å². The highest BCUT2D eigenvalue weighted by Crippen LogP contribution is 2.23. The van der Waals surface area contributed by atoms with Crippen LogP contribution in [0.5, 0.6) is 0 Å². The number of carbonyl (C=O) groups excluding carboxylic acids is 1. The summed E-state index contributed by atoms with van der Waals surface area (Å²) in [5.41, 5.74) is 0.505. The molecule has 1 heterocycles. The van der Waals surface area contributed by atoms with Crippen molar-refractivity contribution in [1.82, 2.24) is 9.37 Å². The lowest BCUT2D eigenvalue weighted by atomic mass is 9.91. The predicted molar refractivity (Wildman–Crippen MR) is 87.2 cm³/mol. The summed E-state index contributed by atoms with van der Waals surface area (Å²) in [6.45, 7) is 5.78. The number of rotatable bonds is 4. The molecule has 0 bridgehead atoms. The minimum absolute atomic E-state index is 0.0487. The van der Waals surface area contributed by atoms with Gasteiger partial charge in [0.05, 0.1) is 12.0 Å². The quantitative estimate of drug-likeness (QED) is 0.786. The summed E-state index contributed by atoms with van der Waals surface area (Å²) in [5, 5.41) is 0. The third-order valence-electron chi connectivity index (χ3n) is 4.15. The Morgan fingerprint density at radius 2 is 1.70 bits per heavy atom. The lowest BCUT2D eigenvalue weighted by Crippen LogP contribution is -2.42. The smallest absolute Gasteiger partial charge is 0.264 e. The molecule has 1 aromatic carbocycles. The minimum Gasteiger partial charge on any atom is -0.338 e. The second kappa shape index (κ2) is 6.98. The summed E-state index contributed by atoms with van der Waals surface area (Å²) < 4.78 is 25.1. The van der Waals surface area contributed by atoms with E-state index >= 15 is 0 Å². The topological polar surface area (TPSA) is 66.9 Å². The normalized spacial score (nSPS) is 22.4. The van der Waals surface area contributed by atoms with E-state index < -0.39 is 10.0 Å². The molecule has 1 aliphatic rings. The number of piperidine rings is 1. The van der Waals surface area contributed by atoms with Crippen LogP contribution in [-0.2, 0) is 14.9 Å². The van der Waals surface area contributed by atoms with Crippen molar-refractivity contribution in [3.8, 4) is 0 Å². The highest BCUT2D eigenvalue weighted by atomic mass is 32.2. The second-order valence-corrected chi connectivity index (χ2v) is 8.21. The molecule has 1 aliphatic heterocycles. The van der Waals surface area contributed by atoms with Crippen LogP contribution in [0.25, 0.3) is 0 Å².